The zero-order valence-corrected chi connectivity index (χ0v) is 12.1. The van der Waals surface area contributed by atoms with E-state index >= 15 is 0 Å². The predicted octanol–water partition coefficient (Wildman–Crippen LogP) is 1.15. The molecule has 0 saturated heterocycles. The average molecular weight is 240 g/mol. The second-order valence-corrected chi connectivity index (χ2v) is 5.01. The van der Waals surface area contributed by atoms with Crippen molar-refractivity contribution in [2.24, 2.45) is 0 Å². The lowest BCUT2D eigenvalue weighted by Crippen LogP contribution is -2.41. The van der Waals surface area contributed by atoms with E-state index in [2.05, 4.69) is 49.3 Å². The first kappa shape index (κ1) is 16.4. The summed E-state index contributed by atoms with van der Waals surface area (Å²) in [5.41, 5.74) is -0.331. The normalized spacial score (nSPS) is 14.9. The van der Waals surface area contributed by atoms with E-state index in [1.807, 2.05) is 7.05 Å². The molecule has 1 unspecified atom stereocenters. The van der Waals surface area contributed by atoms with E-state index in [4.69, 9.17) is 0 Å². The average Bonchev–Trinajstić information content (AvgIpc) is 2.33. The molecule has 1 N–H and O–H groups in total. The molecule has 0 rings (SSSR count). The molecular weight excluding hydrogens is 212 g/mol. The van der Waals surface area contributed by atoms with E-state index in [0.717, 1.165) is 38.9 Å². The van der Waals surface area contributed by atoms with Crippen molar-refractivity contribution in [3.8, 4) is 6.07 Å². The minimum Gasteiger partial charge on any atom is -0.308 e. The summed E-state index contributed by atoms with van der Waals surface area (Å²) in [5.74, 6) is 0. The van der Waals surface area contributed by atoms with Gasteiger partial charge in [-0.25, -0.2) is 0 Å². The van der Waals surface area contributed by atoms with Crippen molar-refractivity contribution >= 4 is 0 Å². The SMILES string of the molecule is CCC(C#N)(CCCN(C)CCN(C)C)NC. The molecule has 0 aliphatic heterocycles. The van der Waals surface area contributed by atoms with Gasteiger partial charge in [-0.1, -0.05) is 6.92 Å². The first-order chi connectivity index (χ1) is 7.99. The van der Waals surface area contributed by atoms with Gasteiger partial charge in [0.2, 0.25) is 0 Å². The van der Waals surface area contributed by atoms with Crippen molar-refractivity contribution in [2.75, 3.05) is 47.8 Å². The summed E-state index contributed by atoms with van der Waals surface area (Å²) in [7, 11) is 8.20. The lowest BCUT2D eigenvalue weighted by molar-refractivity contribution is 0.266. The fraction of sp³-hybridized carbons (Fsp3) is 0.923. The molecule has 0 amide bonds. The summed E-state index contributed by atoms with van der Waals surface area (Å²) in [6.07, 6.45) is 2.84. The van der Waals surface area contributed by atoms with Crippen LogP contribution in [0.4, 0.5) is 0 Å². The Bertz CT molecular complexity index is 228. The van der Waals surface area contributed by atoms with Crippen LogP contribution in [0.2, 0.25) is 0 Å². The Labute approximate surface area is 107 Å². The van der Waals surface area contributed by atoms with E-state index < -0.39 is 0 Å². The lowest BCUT2D eigenvalue weighted by atomic mass is 9.92. The third-order valence-electron chi connectivity index (χ3n) is 3.37. The summed E-state index contributed by atoms with van der Waals surface area (Å²) in [6, 6.07) is 2.40. The Balaban J connectivity index is 3.85. The lowest BCUT2D eigenvalue weighted by Gasteiger charge is -2.26. The molecule has 0 heterocycles. The molecule has 4 heteroatoms. The molecule has 0 aliphatic rings. The van der Waals surface area contributed by atoms with E-state index in [0.29, 0.717) is 0 Å². The van der Waals surface area contributed by atoms with Gasteiger partial charge in [-0.05, 0) is 54.0 Å². The van der Waals surface area contributed by atoms with Gasteiger partial charge < -0.3 is 15.1 Å². The fourth-order valence-electron chi connectivity index (χ4n) is 1.80. The Kier molecular flexibility index (Phi) is 8.15. The second kappa shape index (κ2) is 8.46. The molecular formula is C13H28N4. The molecule has 1 atom stereocenters. The van der Waals surface area contributed by atoms with Crippen molar-refractivity contribution in [2.45, 2.75) is 31.7 Å². The molecule has 17 heavy (non-hydrogen) atoms. The van der Waals surface area contributed by atoms with Crippen LogP contribution < -0.4 is 5.32 Å². The van der Waals surface area contributed by atoms with E-state index in [1.54, 1.807) is 0 Å². The quantitative estimate of drug-likeness (QED) is 0.656. The molecule has 0 aromatic heterocycles. The van der Waals surface area contributed by atoms with Crippen molar-refractivity contribution in [1.82, 2.24) is 15.1 Å². The maximum Gasteiger partial charge on any atom is 0.106 e. The minimum atomic E-state index is -0.331. The van der Waals surface area contributed by atoms with Crippen LogP contribution in [0, 0.1) is 11.3 Å². The maximum absolute atomic E-state index is 9.19. The molecule has 0 aromatic rings. The Hall–Kier alpha value is -0.630. The van der Waals surface area contributed by atoms with Crippen LogP contribution in [0.5, 0.6) is 0 Å². The van der Waals surface area contributed by atoms with Crippen LogP contribution in [0.15, 0.2) is 0 Å². The standard InChI is InChI=1S/C13H28N4/c1-6-13(12-14,15-2)8-7-9-17(5)11-10-16(3)4/h15H,6-11H2,1-5H3. The number of hydrogen-bond acceptors (Lipinski definition) is 4. The largest absolute Gasteiger partial charge is 0.308 e. The third kappa shape index (κ3) is 6.62. The summed E-state index contributed by atoms with van der Waals surface area (Å²) in [6.45, 7) is 5.28. The smallest absolute Gasteiger partial charge is 0.106 e. The van der Waals surface area contributed by atoms with Crippen molar-refractivity contribution in [1.29, 1.82) is 5.26 Å². The summed E-state index contributed by atoms with van der Waals surface area (Å²) >= 11 is 0. The number of likely N-dealkylation sites (N-methyl/N-ethyl adjacent to an activating group) is 2. The number of rotatable bonds is 9. The van der Waals surface area contributed by atoms with Gasteiger partial charge in [-0.15, -0.1) is 0 Å². The molecule has 0 aromatic carbocycles. The summed E-state index contributed by atoms with van der Waals surface area (Å²) in [5, 5.41) is 12.3. The maximum atomic E-state index is 9.19. The van der Waals surface area contributed by atoms with Crippen LogP contribution >= 0.6 is 0 Å². The Morgan fingerprint density at radius 2 is 1.82 bits per heavy atom. The fourth-order valence-corrected chi connectivity index (χ4v) is 1.80. The van der Waals surface area contributed by atoms with Crippen molar-refractivity contribution in [3.05, 3.63) is 0 Å². The molecule has 0 spiro atoms. The van der Waals surface area contributed by atoms with Crippen LogP contribution in [-0.4, -0.2) is 63.2 Å². The van der Waals surface area contributed by atoms with Crippen LogP contribution in [0.3, 0.4) is 0 Å². The first-order valence-corrected chi connectivity index (χ1v) is 6.43. The van der Waals surface area contributed by atoms with Gasteiger partial charge in [0.05, 0.1) is 6.07 Å². The third-order valence-corrected chi connectivity index (χ3v) is 3.37. The highest BCUT2D eigenvalue weighted by Gasteiger charge is 2.24. The minimum absolute atomic E-state index is 0.331. The Morgan fingerprint density at radius 1 is 1.18 bits per heavy atom. The molecule has 0 aliphatic carbocycles. The highest BCUT2D eigenvalue weighted by atomic mass is 15.1. The van der Waals surface area contributed by atoms with Gasteiger partial charge in [0.25, 0.3) is 0 Å². The van der Waals surface area contributed by atoms with Gasteiger partial charge in [0, 0.05) is 13.1 Å². The summed E-state index contributed by atoms with van der Waals surface area (Å²) in [4.78, 5) is 4.52. The predicted molar refractivity (Wildman–Crippen MR) is 73.0 cm³/mol. The van der Waals surface area contributed by atoms with Crippen molar-refractivity contribution < 1.29 is 0 Å². The van der Waals surface area contributed by atoms with Gasteiger partial charge in [0.1, 0.15) is 5.54 Å². The number of hydrogen-bond donors (Lipinski definition) is 1. The second-order valence-electron chi connectivity index (χ2n) is 5.01. The van der Waals surface area contributed by atoms with Crippen molar-refractivity contribution in [3.63, 3.8) is 0 Å². The van der Waals surface area contributed by atoms with Gasteiger partial charge in [-0.2, -0.15) is 5.26 Å². The molecule has 4 nitrogen and oxygen atoms in total. The molecule has 100 valence electrons. The van der Waals surface area contributed by atoms with Gasteiger partial charge in [-0.3, -0.25) is 0 Å². The number of nitrogens with zero attached hydrogens (tertiary/aromatic N) is 3. The highest BCUT2D eigenvalue weighted by molar-refractivity contribution is 5.05. The van der Waals surface area contributed by atoms with E-state index in [-0.39, 0.29) is 5.54 Å². The zero-order valence-electron chi connectivity index (χ0n) is 12.1. The highest BCUT2D eigenvalue weighted by Crippen LogP contribution is 2.15. The topological polar surface area (TPSA) is 42.3 Å². The molecule has 0 saturated carbocycles. The van der Waals surface area contributed by atoms with E-state index in [9.17, 15) is 5.26 Å². The molecule has 0 fully saturated rings. The molecule has 0 radical (unpaired) electrons. The van der Waals surface area contributed by atoms with E-state index in [1.165, 1.54) is 0 Å². The Morgan fingerprint density at radius 3 is 2.24 bits per heavy atom. The monoisotopic (exact) mass is 240 g/mol. The zero-order chi connectivity index (χ0) is 13.3. The van der Waals surface area contributed by atoms with Gasteiger partial charge in [0.15, 0.2) is 0 Å². The molecule has 0 bridgehead atoms. The number of nitriles is 1. The van der Waals surface area contributed by atoms with Crippen LogP contribution in [0.1, 0.15) is 26.2 Å². The van der Waals surface area contributed by atoms with Crippen LogP contribution in [-0.2, 0) is 0 Å². The number of nitrogens with one attached hydrogen (secondary N) is 1. The first-order valence-electron chi connectivity index (χ1n) is 6.43. The van der Waals surface area contributed by atoms with Gasteiger partial charge >= 0.3 is 0 Å². The summed E-state index contributed by atoms with van der Waals surface area (Å²) < 4.78 is 0. The van der Waals surface area contributed by atoms with Crippen LogP contribution in [0.25, 0.3) is 0 Å².